The van der Waals surface area contributed by atoms with E-state index in [0.29, 0.717) is 35.8 Å². The second-order valence-electron chi connectivity index (χ2n) is 10.00. The second kappa shape index (κ2) is 9.57. The van der Waals surface area contributed by atoms with Crippen LogP contribution in [0.15, 0.2) is 82.6 Å². The Bertz CT molecular complexity index is 1310. The maximum Gasteiger partial charge on any atom is 0.244 e. The molecular formula is C29H31N3O4. The minimum atomic E-state index is -0.539. The van der Waals surface area contributed by atoms with Gasteiger partial charge in [-0.1, -0.05) is 38.1 Å². The number of hydrogen-bond donors (Lipinski definition) is 2. The number of rotatable bonds is 6. The highest BCUT2D eigenvalue weighted by molar-refractivity contribution is 6.02. The Balaban J connectivity index is 1.57. The molecule has 1 amide bonds. The average Bonchev–Trinajstić information content (AvgIpc) is 3.32. The summed E-state index contributed by atoms with van der Waals surface area (Å²) in [7, 11) is 0. The Kier molecular flexibility index (Phi) is 6.31. The molecule has 0 fully saturated rings. The van der Waals surface area contributed by atoms with Gasteiger partial charge in [-0.2, -0.15) is 0 Å². The Morgan fingerprint density at radius 3 is 2.67 bits per heavy atom. The molecule has 36 heavy (non-hydrogen) atoms. The number of nitrogens with zero attached hydrogens (tertiary/aromatic N) is 1. The van der Waals surface area contributed by atoms with E-state index < -0.39 is 6.04 Å². The van der Waals surface area contributed by atoms with Gasteiger partial charge in [0.2, 0.25) is 5.91 Å². The van der Waals surface area contributed by atoms with Crippen LogP contribution in [0, 0.1) is 5.41 Å². The summed E-state index contributed by atoms with van der Waals surface area (Å²) in [6, 6.07) is 18.3. The number of furan rings is 1. The van der Waals surface area contributed by atoms with E-state index in [0.717, 1.165) is 23.5 Å². The molecule has 2 heterocycles. The fourth-order valence-corrected chi connectivity index (χ4v) is 5.17. The number of amides is 1. The van der Waals surface area contributed by atoms with Crippen LogP contribution < -0.4 is 20.3 Å². The highest BCUT2D eigenvalue weighted by Gasteiger charge is 2.42. The first-order chi connectivity index (χ1) is 17.4. The molecule has 1 atom stereocenters. The Morgan fingerprint density at radius 2 is 1.89 bits per heavy atom. The van der Waals surface area contributed by atoms with Gasteiger partial charge in [-0.25, -0.2) is 0 Å². The van der Waals surface area contributed by atoms with Crippen molar-refractivity contribution in [3.63, 3.8) is 0 Å². The molecule has 1 aliphatic carbocycles. The van der Waals surface area contributed by atoms with Gasteiger partial charge in [-0.15, -0.1) is 0 Å². The highest BCUT2D eigenvalue weighted by atomic mass is 16.5. The van der Waals surface area contributed by atoms with E-state index in [4.69, 9.17) is 9.15 Å². The minimum Gasteiger partial charge on any atom is -0.492 e. The molecule has 7 heteroatoms. The number of benzene rings is 2. The average molecular weight is 486 g/mol. The van der Waals surface area contributed by atoms with Gasteiger partial charge in [0.05, 0.1) is 36.5 Å². The topological polar surface area (TPSA) is 83.8 Å². The normalized spacial score (nSPS) is 18.6. The molecule has 2 N–H and O–H groups in total. The number of Topliss-reactive ketones (excluding diaryl/α,β-unsaturated/α-hetero) is 1. The third-order valence-corrected chi connectivity index (χ3v) is 6.59. The zero-order chi connectivity index (χ0) is 25.3. The fraction of sp³-hybridized carbons (Fsp3) is 0.310. The first-order valence-electron chi connectivity index (χ1n) is 12.3. The van der Waals surface area contributed by atoms with Crippen molar-refractivity contribution < 1.29 is 18.7 Å². The molecule has 0 saturated heterocycles. The molecule has 3 aromatic rings. The highest BCUT2D eigenvalue weighted by Crippen LogP contribution is 2.48. The molecule has 2 aliphatic rings. The van der Waals surface area contributed by atoms with Crippen molar-refractivity contribution in [2.24, 2.45) is 5.41 Å². The number of carbonyl (C=O) groups is 2. The van der Waals surface area contributed by atoms with Crippen LogP contribution in [0.5, 0.6) is 5.75 Å². The van der Waals surface area contributed by atoms with Gasteiger partial charge in [0.15, 0.2) is 5.78 Å². The lowest BCUT2D eigenvalue weighted by Gasteiger charge is -2.36. The molecule has 0 radical (unpaired) electrons. The lowest BCUT2D eigenvalue weighted by atomic mass is 9.74. The van der Waals surface area contributed by atoms with Crippen molar-refractivity contribution in [2.45, 2.75) is 39.7 Å². The Hall–Kier alpha value is -4.00. The van der Waals surface area contributed by atoms with Gasteiger partial charge in [0, 0.05) is 17.7 Å². The predicted molar refractivity (Wildman–Crippen MR) is 140 cm³/mol. The van der Waals surface area contributed by atoms with Crippen LogP contribution in [-0.4, -0.2) is 24.8 Å². The number of carbonyl (C=O) groups excluding carboxylic acids is 2. The summed E-state index contributed by atoms with van der Waals surface area (Å²) < 4.78 is 11.5. The van der Waals surface area contributed by atoms with Crippen LogP contribution in [0.3, 0.4) is 0 Å². The largest absolute Gasteiger partial charge is 0.492 e. The molecular weight excluding hydrogens is 454 g/mol. The third kappa shape index (κ3) is 4.61. The van der Waals surface area contributed by atoms with E-state index in [1.165, 1.54) is 0 Å². The van der Waals surface area contributed by atoms with Gasteiger partial charge in [0.1, 0.15) is 17.6 Å². The molecule has 0 spiro atoms. The summed E-state index contributed by atoms with van der Waals surface area (Å²) in [5, 5.41) is 6.54. The monoisotopic (exact) mass is 485 g/mol. The van der Waals surface area contributed by atoms with Crippen LogP contribution in [0.4, 0.5) is 17.1 Å². The SMILES string of the molecule is CCOc1ccccc1NC(=O)CN1c2ccccc2NC2=C(C(=O)CC(C)(C)C2)[C@H]1c1ccco1. The fourth-order valence-electron chi connectivity index (χ4n) is 5.17. The number of ketones is 1. The molecule has 5 rings (SSSR count). The summed E-state index contributed by atoms with van der Waals surface area (Å²) in [5.74, 6) is 1.08. The van der Waals surface area contributed by atoms with Crippen LogP contribution in [0.2, 0.25) is 0 Å². The van der Waals surface area contributed by atoms with Crippen LogP contribution in [0.25, 0.3) is 0 Å². The molecule has 1 aromatic heterocycles. The molecule has 186 valence electrons. The zero-order valence-corrected chi connectivity index (χ0v) is 20.8. The van der Waals surface area contributed by atoms with E-state index in [-0.39, 0.29) is 23.7 Å². The Morgan fingerprint density at radius 1 is 1.11 bits per heavy atom. The van der Waals surface area contributed by atoms with Crippen molar-refractivity contribution in [1.29, 1.82) is 0 Å². The zero-order valence-electron chi connectivity index (χ0n) is 20.8. The second-order valence-corrected chi connectivity index (χ2v) is 10.00. The molecule has 7 nitrogen and oxygen atoms in total. The molecule has 1 aliphatic heterocycles. The van der Waals surface area contributed by atoms with Crippen molar-refractivity contribution in [3.8, 4) is 5.75 Å². The van der Waals surface area contributed by atoms with Gasteiger partial charge >= 0.3 is 0 Å². The van der Waals surface area contributed by atoms with Gasteiger partial charge in [0.25, 0.3) is 0 Å². The molecule has 2 aromatic carbocycles. The molecule has 0 unspecified atom stereocenters. The first kappa shape index (κ1) is 23.7. The molecule has 0 saturated carbocycles. The summed E-state index contributed by atoms with van der Waals surface area (Å²) in [6.45, 7) is 6.62. The predicted octanol–water partition coefficient (Wildman–Crippen LogP) is 5.93. The minimum absolute atomic E-state index is 0.0119. The van der Waals surface area contributed by atoms with Crippen molar-refractivity contribution in [3.05, 3.63) is 84.0 Å². The van der Waals surface area contributed by atoms with Crippen molar-refractivity contribution >= 4 is 28.8 Å². The quantitative estimate of drug-likeness (QED) is 0.450. The van der Waals surface area contributed by atoms with Crippen molar-refractivity contribution in [1.82, 2.24) is 0 Å². The van der Waals surface area contributed by atoms with E-state index >= 15 is 0 Å². The number of nitrogens with one attached hydrogen (secondary N) is 2. The maximum absolute atomic E-state index is 13.6. The van der Waals surface area contributed by atoms with Gasteiger partial charge in [-0.05, 0) is 55.2 Å². The van der Waals surface area contributed by atoms with E-state index in [2.05, 4.69) is 24.5 Å². The number of allylic oxidation sites excluding steroid dienone is 1. The number of fused-ring (bicyclic) bond motifs is 1. The standard InChI is InChI=1S/C29H31N3O4/c1-4-35-24-13-8-6-11-20(24)31-26(34)18-32-22-12-7-5-10-19(22)30-21-16-29(2,3)17-23(33)27(21)28(32)25-14-9-15-36-25/h5-15,28,30H,4,16-18H2,1-3H3,(H,31,34)/t28-/m1/s1. The Labute approximate surface area is 211 Å². The van der Waals surface area contributed by atoms with Crippen molar-refractivity contribution in [2.75, 3.05) is 28.7 Å². The number of ether oxygens (including phenoxy) is 1. The number of anilines is 3. The van der Waals surface area contributed by atoms with E-state index in [1.54, 1.807) is 6.26 Å². The first-order valence-corrected chi connectivity index (χ1v) is 12.3. The van der Waals surface area contributed by atoms with Crippen LogP contribution >= 0.6 is 0 Å². The summed E-state index contributed by atoms with van der Waals surface area (Å²) >= 11 is 0. The third-order valence-electron chi connectivity index (χ3n) is 6.59. The summed E-state index contributed by atoms with van der Waals surface area (Å²) in [5.41, 5.74) is 3.66. The summed E-state index contributed by atoms with van der Waals surface area (Å²) in [6.07, 6.45) is 2.76. The van der Waals surface area contributed by atoms with Crippen LogP contribution in [-0.2, 0) is 9.59 Å². The molecule has 0 bridgehead atoms. The lowest BCUT2D eigenvalue weighted by Crippen LogP contribution is -2.40. The smallest absolute Gasteiger partial charge is 0.244 e. The lowest BCUT2D eigenvalue weighted by molar-refractivity contribution is -0.119. The number of hydrogen-bond acceptors (Lipinski definition) is 6. The maximum atomic E-state index is 13.6. The van der Waals surface area contributed by atoms with Gasteiger partial charge in [-0.3, -0.25) is 9.59 Å². The number of para-hydroxylation sites is 4. The van der Waals surface area contributed by atoms with Crippen LogP contribution in [0.1, 0.15) is 45.4 Å². The van der Waals surface area contributed by atoms with Gasteiger partial charge < -0.3 is 24.7 Å². The van der Waals surface area contributed by atoms with E-state index in [1.807, 2.05) is 72.5 Å². The van der Waals surface area contributed by atoms with E-state index in [9.17, 15) is 9.59 Å². The summed E-state index contributed by atoms with van der Waals surface area (Å²) in [4.78, 5) is 29.0.